The number of hydrogen-bond donors (Lipinski definition) is 0. The Bertz CT molecular complexity index is 728. The van der Waals surface area contributed by atoms with Crippen LogP contribution in [0.2, 0.25) is 0 Å². The van der Waals surface area contributed by atoms with E-state index >= 15 is 0 Å². The first-order valence-corrected chi connectivity index (χ1v) is 11.3. The molecule has 0 unspecified atom stereocenters. The van der Waals surface area contributed by atoms with Crippen molar-refractivity contribution in [2.24, 2.45) is 17.8 Å². The fourth-order valence-electron chi connectivity index (χ4n) is 4.74. The second-order valence-electron chi connectivity index (χ2n) is 8.45. The van der Waals surface area contributed by atoms with Gasteiger partial charge in [0, 0.05) is 38.2 Å². The monoisotopic (exact) mass is 414 g/mol. The summed E-state index contributed by atoms with van der Waals surface area (Å²) in [6.07, 6.45) is 3.73. The number of esters is 1. The van der Waals surface area contributed by atoms with Crippen LogP contribution in [0.4, 0.5) is 0 Å². The predicted octanol–water partition coefficient (Wildman–Crippen LogP) is 3.37. The Labute approximate surface area is 179 Å². The number of benzene rings is 1. The lowest BCUT2D eigenvalue weighted by Crippen LogP contribution is -2.46. The van der Waals surface area contributed by atoms with Gasteiger partial charge in [0.2, 0.25) is 5.91 Å². The van der Waals surface area contributed by atoms with Crippen LogP contribution in [0, 0.1) is 17.8 Å². The summed E-state index contributed by atoms with van der Waals surface area (Å²) < 4.78 is 5.11. The van der Waals surface area contributed by atoms with Gasteiger partial charge in [0.15, 0.2) is 0 Å². The van der Waals surface area contributed by atoms with Crippen LogP contribution < -0.4 is 0 Å². The molecule has 6 heteroatoms. The van der Waals surface area contributed by atoms with Gasteiger partial charge in [-0.25, -0.2) is 0 Å². The summed E-state index contributed by atoms with van der Waals surface area (Å²) in [7, 11) is 0. The quantitative estimate of drug-likeness (QED) is 0.670. The molecule has 2 amide bonds. The Kier molecular flexibility index (Phi) is 7.88. The maximum absolute atomic E-state index is 12.9. The molecule has 2 heterocycles. The van der Waals surface area contributed by atoms with Gasteiger partial charge in [0.25, 0.3) is 5.91 Å². The highest BCUT2D eigenvalue weighted by Gasteiger charge is 2.34. The minimum absolute atomic E-state index is 0.0790. The highest BCUT2D eigenvalue weighted by molar-refractivity contribution is 5.94. The summed E-state index contributed by atoms with van der Waals surface area (Å²) in [4.78, 5) is 41.4. The van der Waals surface area contributed by atoms with Gasteiger partial charge < -0.3 is 14.5 Å². The van der Waals surface area contributed by atoms with Gasteiger partial charge in [-0.15, -0.1) is 0 Å². The Morgan fingerprint density at radius 3 is 2.23 bits per heavy atom. The molecule has 30 heavy (non-hydrogen) atoms. The molecule has 2 atom stereocenters. The highest BCUT2D eigenvalue weighted by Crippen LogP contribution is 2.31. The minimum Gasteiger partial charge on any atom is -0.466 e. The molecule has 0 bridgehead atoms. The maximum Gasteiger partial charge on any atom is 0.309 e. The Morgan fingerprint density at radius 1 is 0.933 bits per heavy atom. The minimum atomic E-state index is -0.133. The number of carbonyl (C=O) groups excluding carboxylic acids is 3. The SMILES string of the molecule is CCOC(=O)C1CCN(C(=O)C[C@@H]2CCN(C(=O)c3ccccc3)C[C@@H]2CC)CC1. The molecule has 2 fully saturated rings. The first kappa shape index (κ1) is 22.3. The van der Waals surface area contributed by atoms with E-state index < -0.39 is 0 Å². The number of amides is 2. The molecule has 0 saturated carbocycles. The molecular formula is C24H34N2O4. The van der Waals surface area contributed by atoms with E-state index in [-0.39, 0.29) is 23.7 Å². The molecule has 0 aliphatic carbocycles. The molecular weight excluding hydrogens is 380 g/mol. The van der Waals surface area contributed by atoms with Gasteiger partial charge in [-0.2, -0.15) is 0 Å². The number of likely N-dealkylation sites (tertiary alicyclic amines) is 2. The van der Waals surface area contributed by atoms with E-state index in [9.17, 15) is 14.4 Å². The second-order valence-corrected chi connectivity index (χ2v) is 8.45. The van der Waals surface area contributed by atoms with E-state index in [1.807, 2.05) is 47.1 Å². The summed E-state index contributed by atoms with van der Waals surface area (Å²) in [5.74, 6) is 0.705. The lowest BCUT2D eigenvalue weighted by Gasteiger charge is -2.39. The molecule has 3 rings (SSSR count). The number of hydrogen-bond acceptors (Lipinski definition) is 4. The van der Waals surface area contributed by atoms with Crippen molar-refractivity contribution in [2.45, 2.75) is 46.0 Å². The maximum atomic E-state index is 12.9. The van der Waals surface area contributed by atoms with Gasteiger partial charge in [-0.3, -0.25) is 14.4 Å². The summed E-state index contributed by atoms with van der Waals surface area (Å²) in [6.45, 7) is 7.04. The smallest absolute Gasteiger partial charge is 0.309 e. The fraction of sp³-hybridized carbons (Fsp3) is 0.625. The molecule has 6 nitrogen and oxygen atoms in total. The van der Waals surface area contributed by atoms with E-state index in [1.54, 1.807) is 0 Å². The average molecular weight is 415 g/mol. The fourth-order valence-corrected chi connectivity index (χ4v) is 4.74. The third-order valence-electron chi connectivity index (χ3n) is 6.63. The number of carbonyl (C=O) groups is 3. The number of ether oxygens (including phenoxy) is 1. The zero-order valence-electron chi connectivity index (χ0n) is 18.2. The molecule has 1 aromatic carbocycles. The normalized spacial score (nSPS) is 22.6. The van der Waals surface area contributed by atoms with Gasteiger partial charge in [-0.05, 0) is 50.2 Å². The molecule has 2 saturated heterocycles. The Balaban J connectivity index is 1.50. The van der Waals surface area contributed by atoms with Gasteiger partial charge >= 0.3 is 5.97 Å². The topological polar surface area (TPSA) is 66.9 Å². The zero-order chi connectivity index (χ0) is 21.5. The van der Waals surface area contributed by atoms with E-state index in [4.69, 9.17) is 4.74 Å². The van der Waals surface area contributed by atoms with Gasteiger partial charge in [0.1, 0.15) is 0 Å². The third-order valence-corrected chi connectivity index (χ3v) is 6.63. The van der Waals surface area contributed by atoms with Crippen LogP contribution >= 0.6 is 0 Å². The van der Waals surface area contributed by atoms with Crippen molar-refractivity contribution >= 4 is 17.8 Å². The second kappa shape index (κ2) is 10.6. The van der Waals surface area contributed by atoms with Crippen molar-refractivity contribution in [1.82, 2.24) is 9.80 Å². The van der Waals surface area contributed by atoms with Crippen LogP contribution in [0.3, 0.4) is 0 Å². The number of rotatable bonds is 6. The van der Waals surface area contributed by atoms with E-state index in [0.717, 1.165) is 18.4 Å². The van der Waals surface area contributed by atoms with Crippen LogP contribution in [0.15, 0.2) is 30.3 Å². The summed E-state index contributed by atoms with van der Waals surface area (Å²) in [5, 5.41) is 0. The lowest BCUT2D eigenvalue weighted by molar-refractivity contribution is -0.151. The van der Waals surface area contributed by atoms with Crippen LogP contribution in [-0.4, -0.2) is 60.4 Å². The average Bonchev–Trinajstić information content (AvgIpc) is 2.79. The summed E-state index contributed by atoms with van der Waals surface area (Å²) in [6, 6.07) is 9.42. The van der Waals surface area contributed by atoms with Crippen molar-refractivity contribution in [3.63, 3.8) is 0 Å². The Morgan fingerprint density at radius 2 is 1.60 bits per heavy atom. The van der Waals surface area contributed by atoms with Crippen molar-refractivity contribution in [3.05, 3.63) is 35.9 Å². The van der Waals surface area contributed by atoms with Gasteiger partial charge in [-0.1, -0.05) is 31.5 Å². The van der Waals surface area contributed by atoms with Crippen molar-refractivity contribution in [1.29, 1.82) is 0 Å². The lowest BCUT2D eigenvalue weighted by atomic mass is 9.81. The van der Waals surface area contributed by atoms with E-state index in [1.165, 1.54) is 0 Å². The predicted molar refractivity (Wildman–Crippen MR) is 115 cm³/mol. The summed E-state index contributed by atoms with van der Waals surface area (Å²) >= 11 is 0. The third kappa shape index (κ3) is 5.41. The molecule has 164 valence electrons. The number of nitrogens with zero attached hydrogens (tertiary/aromatic N) is 2. The molecule has 0 radical (unpaired) electrons. The standard InChI is InChI=1S/C24H34N2O4/c1-3-18-17-26(23(28)19-8-6-5-7-9-19)15-12-21(18)16-22(27)25-13-10-20(11-14-25)24(29)30-4-2/h5-9,18,20-21H,3-4,10-17H2,1-2H3/t18-,21-/m0/s1. The first-order valence-electron chi connectivity index (χ1n) is 11.3. The molecule has 1 aromatic rings. The van der Waals surface area contributed by atoms with Crippen LogP contribution in [0.5, 0.6) is 0 Å². The van der Waals surface area contributed by atoms with Gasteiger partial charge in [0.05, 0.1) is 12.5 Å². The van der Waals surface area contributed by atoms with Crippen molar-refractivity contribution in [3.8, 4) is 0 Å². The van der Waals surface area contributed by atoms with Crippen LogP contribution in [-0.2, 0) is 14.3 Å². The van der Waals surface area contributed by atoms with Crippen LogP contribution in [0.1, 0.15) is 56.3 Å². The molecule has 0 aromatic heterocycles. The van der Waals surface area contributed by atoms with E-state index in [2.05, 4.69) is 6.92 Å². The van der Waals surface area contributed by atoms with Crippen LogP contribution in [0.25, 0.3) is 0 Å². The van der Waals surface area contributed by atoms with Crippen molar-refractivity contribution < 1.29 is 19.1 Å². The molecule has 0 N–H and O–H groups in total. The van der Waals surface area contributed by atoms with E-state index in [0.29, 0.717) is 63.9 Å². The zero-order valence-corrected chi connectivity index (χ0v) is 18.2. The number of piperidine rings is 2. The summed E-state index contributed by atoms with van der Waals surface area (Å²) in [5.41, 5.74) is 0.728. The molecule has 2 aliphatic rings. The molecule has 2 aliphatic heterocycles. The first-order chi connectivity index (χ1) is 14.5. The Hall–Kier alpha value is -2.37. The van der Waals surface area contributed by atoms with Crippen molar-refractivity contribution in [2.75, 3.05) is 32.8 Å². The molecule has 0 spiro atoms. The highest BCUT2D eigenvalue weighted by atomic mass is 16.5. The largest absolute Gasteiger partial charge is 0.466 e.